The van der Waals surface area contributed by atoms with E-state index in [1.54, 1.807) is 0 Å². The Hall–Kier alpha value is -0.710. The Morgan fingerprint density at radius 3 is 2.33 bits per heavy atom. The van der Waals surface area contributed by atoms with Gasteiger partial charge in [-0.15, -0.1) is 0 Å². The SMILES string of the molecule is CCOC(=O)C(F)(F)C(O)CCC(C)C. The van der Waals surface area contributed by atoms with Gasteiger partial charge in [0.1, 0.15) is 6.10 Å². The van der Waals surface area contributed by atoms with Crippen LogP contribution in [0.25, 0.3) is 0 Å². The Labute approximate surface area is 88.4 Å². The van der Waals surface area contributed by atoms with Crippen LogP contribution in [0, 0.1) is 5.92 Å². The first kappa shape index (κ1) is 14.3. The summed E-state index contributed by atoms with van der Waals surface area (Å²) in [5.41, 5.74) is 0. The molecule has 0 saturated carbocycles. The average molecular weight is 224 g/mol. The standard InChI is InChI=1S/C10H18F2O3/c1-4-15-9(14)10(11,12)8(13)6-5-7(2)3/h7-8,13H,4-6H2,1-3H3. The van der Waals surface area contributed by atoms with Crippen LogP contribution in [-0.4, -0.2) is 29.7 Å². The van der Waals surface area contributed by atoms with Gasteiger partial charge in [-0.25, -0.2) is 4.79 Å². The second-order valence-corrected chi connectivity index (χ2v) is 3.83. The van der Waals surface area contributed by atoms with Gasteiger partial charge in [0, 0.05) is 0 Å². The number of alkyl halides is 2. The smallest absolute Gasteiger partial charge is 0.379 e. The van der Waals surface area contributed by atoms with Gasteiger partial charge in [0.05, 0.1) is 6.61 Å². The van der Waals surface area contributed by atoms with E-state index >= 15 is 0 Å². The molecule has 0 rings (SSSR count). The largest absolute Gasteiger partial charge is 0.461 e. The first-order chi connectivity index (χ1) is 6.82. The first-order valence-corrected chi connectivity index (χ1v) is 5.05. The predicted octanol–water partition coefficient (Wildman–Crippen LogP) is 1.98. The molecule has 1 atom stereocenters. The van der Waals surface area contributed by atoms with E-state index in [9.17, 15) is 18.7 Å². The number of carbonyl (C=O) groups is 1. The predicted molar refractivity (Wildman–Crippen MR) is 51.7 cm³/mol. The molecule has 0 amide bonds. The van der Waals surface area contributed by atoms with Crippen molar-refractivity contribution < 1.29 is 23.4 Å². The number of esters is 1. The van der Waals surface area contributed by atoms with Gasteiger partial charge < -0.3 is 9.84 Å². The lowest BCUT2D eigenvalue weighted by Crippen LogP contribution is -2.42. The molecule has 1 unspecified atom stereocenters. The Balaban J connectivity index is 4.24. The lowest BCUT2D eigenvalue weighted by Gasteiger charge is -2.21. The van der Waals surface area contributed by atoms with Gasteiger partial charge in [-0.05, 0) is 25.7 Å². The van der Waals surface area contributed by atoms with Crippen LogP contribution in [0.5, 0.6) is 0 Å². The van der Waals surface area contributed by atoms with E-state index in [1.807, 2.05) is 13.8 Å². The molecule has 0 saturated heterocycles. The lowest BCUT2D eigenvalue weighted by molar-refractivity contribution is -0.188. The van der Waals surface area contributed by atoms with Crippen LogP contribution in [0.1, 0.15) is 33.6 Å². The molecule has 0 heterocycles. The van der Waals surface area contributed by atoms with Crippen molar-refractivity contribution in [1.29, 1.82) is 0 Å². The lowest BCUT2D eigenvalue weighted by atomic mass is 10.0. The van der Waals surface area contributed by atoms with E-state index in [4.69, 9.17) is 0 Å². The second kappa shape index (κ2) is 6.00. The number of hydrogen-bond acceptors (Lipinski definition) is 3. The fourth-order valence-electron chi connectivity index (χ4n) is 1.04. The Bertz CT molecular complexity index is 205. The number of aliphatic hydroxyl groups excluding tert-OH is 1. The van der Waals surface area contributed by atoms with E-state index in [1.165, 1.54) is 6.92 Å². The highest BCUT2D eigenvalue weighted by atomic mass is 19.3. The van der Waals surface area contributed by atoms with E-state index < -0.39 is 18.0 Å². The molecule has 0 aliphatic rings. The Morgan fingerprint density at radius 2 is 1.93 bits per heavy atom. The summed E-state index contributed by atoms with van der Waals surface area (Å²) in [4.78, 5) is 10.8. The summed E-state index contributed by atoms with van der Waals surface area (Å²) in [7, 11) is 0. The number of ether oxygens (including phenoxy) is 1. The van der Waals surface area contributed by atoms with Crippen LogP contribution < -0.4 is 0 Å². The molecular formula is C10H18F2O3. The van der Waals surface area contributed by atoms with E-state index in [2.05, 4.69) is 4.74 Å². The van der Waals surface area contributed by atoms with Gasteiger partial charge in [0.2, 0.25) is 0 Å². The van der Waals surface area contributed by atoms with Gasteiger partial charge >= 0.3 is 11.9 Å². The van der Waals surface area contributed by atoms with Crippen molar-refractivity contribution in [2.24, 2.45) is 5.92 Å². The minimum absolute atomic E-state index is 0.108. The van der Waals surface area contributed by atoms with Crippen LogP contribution in [-0.2, 0) is 9.53 Å². The van der Waals surface area contributed by atoms with Crippen LogP contribution in [0.15, 0.2) is 0 Å². The minimum Gasteiger partial charge on any atom is -0.461 e. The molecule has 0 aliphatic carbocycles. The maximum Gasteiger partial charge on any atom is 0.379 e. The topological polar surface area (TPSA) is 46.5 Å². The van der Waals surface area contributed by atoms with Crippen LogP contribution in [0.3, 0.4) is 0 Å². The molecular weight excluding hydrogens is 206 g/mol. The van der Waals surface area contributed by atoms with Crippen molar-refractivity contribution in [2.75, 3.05) is 6.61 Å². The van der Waals surface area contributed by atoms with Crippen molar-refractivity contribution in [3.05, 3.63) is 0 Å². The summed E-state index contributed by atoms with van der Waals surface area (Å²) in [6.45, 7) is 5.03. The van der Waals surface area contributed by atoms with E-state index in [0.717, 1.165) is 0 Å². The number of aliphatic hydroxyl groups is 1. The zero-order valence-electron chi connectivity index (χ0n) is 9.30. The molecule has 15 heavy (non-hydrogen) atoms. The fourth-order valence-corrected chi connectivity index (χ4v) is 1.04. The Morgan fingerprint density at radius 1 is 1.40 bits per heavy atom. The number of hydrogen-bond donors (Lipinski definition) is 1. The maximum atomic E-state index is 13.1. The second-order valence-electron chi connectivity index (χ2n) is 3.83. The summed E-state index contributed by atoms with van der Waals surface area (Å²) in [5, 5.41) is 9.17. The normalized spacial score (nSPS) is 14.1. The fraction of sp³-hybridized carbons (Fsp3) is 0.900. The highest BCUT2D eigenvalue weighted by Crippen LogP contribution is 2.25. The molecule has 0 aromatic heterocycles. The number of halogens is 2. The van der Waals surface area contributed by atoms with Gasteiger partial charge in [0.15, 0.2) is 0 Å². The van der Waals surface area contributed by atoms with Crippen LogP contribution >= 0.6 is 0 Å². The van der Waals surface area contributed by atoms with Gasteiger partial charge in [-0.3, -0.25) is 0 Å². The van der Waals surface area contributed by atoms with E-state index in [-0.39, 0.29) is 18.9 Å². The van der Waals surface area contributed by atoms with Crippen LogP contribution in [0.2, 0.25) is 0 Å². The molecule has 0 spiro atoms. The molecule has 1 N–H and O–H groups in total. The summed E-state index contributed by atoms with van der Waals surface area (Å²) in [5.74, 6) is -5.25. The summed E-state index contributed by atoms with van der Waals surface area (Å²) >= 11 is 0. The first-order valence-electron chi connectivity index (χ1n) is 5.05. The maximum absolute atomic E-state index is 13.1. The summed E-state index contributed by atoms with van der Waals surface area (Å²) in [6, 6.07) is 0. The zero-order chi connectivity index (χ0) is 12.1. The summed E-state index contributed by atoms with van der Waals surface area (Å²) in [6.07, 6.45) is -1.63. The molecule has 0 bridgehead atoms. The molecule has 0 aromatic rings. The summed E-state index contributed by atoms with van der Waals surface area (Å²) < 4.78 is 30.4. The molecule has 0 radical (unpaired) electrons. The third-order valence-corrected chi connectivity index (χ3v) is 1.98. The monoisotopic (exact) mass is 224 g/mol. The van der Waals surface area contributed by atoms with Crippen molar-refractivity contribution >= 4 is 5.97 Å². The molecule has 0 aromatic carbocycles. The van der Waals surface area contributed by atoms with Gasteiger partial charge in [0.25, 0.3) is 0 Å². The molecule has 0 fully saturated rings. The highest BCUT2D eigenvalue weighted by molar-refractivity contribution is 5.78. The molecule has 90 valence electrons. The van der Waals surface area contributed by atoms with Crippen LogP contribution in [0.4, 0.5) is 8.78 Å². The quantitative estimate of drug-likeness (QED) is 0.702. The molecule has 5 heteroatoms. The van der Waals surface area contributed by atoms with Crippen molar-refractivity contribution in [3.63, 3.8) is 0 Å². The highest BCUT2D eigenvalue weighted by Gasteiger charge is 2.47. The minimum atomic E-state index is -3.80. The number of rotatable bonds is 6. The van der Waals surface area contributed by atoms with E-state index in [0.29, 0.717) is 6.42 Å². The van der Waals surface area contributed by atoms with Crippen molar-refractivity contribution in [2.45, 2.75) is 45.6 Å². The zero-order valence-corrected chi connectivity index (χ0v) is 9.30. The third kappa shape index (κ3) is 4.55. The van der Waals surface area contributed by atoms with Gasteiger partial charge in [-0.2, -0.15) is 8.78 Å². The molecule has 3 nitrogen and oxygen atoms in total. The number of carbonyl (C=O) groups excluding carboxylic acids is 1. The third-order valence-electron chi connectivity index (χ3n) is 1.98. The van der Waals surface area contributed by atoms with Crippen molar-refractivity contribution in [3.8, 4) is 0 Å². The average Bonchev–Trinajstić information content (AvgIpc) is 2.14. The van der Waals surface area contributed by atoms with Gasteiger partial charge in [-0.1, -0.05) is 13.8 Å². The Kier molecular flexibility index (Phi) is 5.72. The van der Waals surface area contributed by atoms with Crippen molar-refractivity contribution in [1.82, 2.24) is 0 Å². The molecule has 0 aliphatic heterocycles.